The van der Waals surface area contributed by atoms with Gasteiger partial charge in [-0.1, -0.05) is 55.1 Å². The van der Waals surface area contributed by atoms with Crippen LogP contribution in [0.15, 0.2) is 35.5 Å². The van der Waals surface area contributed by atoms with Crippen LogP contribution in [0.25, 0.3) is 0 Å². The molecule has 4 rings (SSSR count). The van der Waals surface area contributed by atoms with Gasteiger partial charge in [-0.15, -0.1) is 0 Å². The third-order valence-corrected chi connectivity index (χ3v) is 8.80. The predicted molar refractivity (Wildman–Crippen MR) is 133 cm³/mol. The lowest BCUT2D eigenvalue weighted by atomic mass is 9.87. The summed E-state index contributed by atoms with van der Waals surface area (Å²) in [7, 11) is -3.48. The molecule has 0 radical (unpaired) electrons. The molecule has 1 aromatic heterocycles. The van der Waals surface area contributed by atoms with Crippen LogP contribution in [-0.4, -0.2) is 46.9 Å². The molecule has 1 unspecified atom stereocenters. The van der Waals surface area contributed by atoms with Crippen molar-refractivity contribution in [2.45, 2.75) is 54.6 Å². The zero-order valence-corrected chi connectivity index (χ0v) is 21.4. The summed E-state index contributed by atoms with van der Waals surface area (Å²) in [6.45, 7) is 0. The van der Waals surface area contributed by atoms with Crippen LogP contribution >= 0.6 is 23.4 Å². The van der Waals surface area contributed by atoms with Gasteiger partial charge in [-0.25, -0.2) is 13.4 Å². The molecular weight excluding hydrogens is 512 g/mol. The van der Waals surface area contributed by atoms with Crippen molar-refractivity contribution >= 4 is 56.1 Å². The summed E-state index contributed by atoms with van der Waals surface area (Å²) in [6.07, 6.45) is 9.19. The first-order chi connectivity index (χ1) is 16.6. The number of anilines is 1. The number of thioether (sulfide) groups is 1. The molecule has 1 aromatic carbocycles. The van der Waals surface area contributed by atoms with Gasteiger partial charge >= 0.3 is 0 Å². The van der Waals surface area contributed by atoms with E-state index in [1.54, 1.807) is 12.1 Å². The molecule has 1 saturated heterocycles. The maximum Gasteiger partial charge on any atom is 0.286 e. The molecule has 1 aliphatic carbocycles. The van der Waals surface area contributed by atoms with Gasteiger partial charge in [0.2, 0.25) is 11.8 Å². The van der Waals surface area contributed by atoms with Crippen molar-refractivity contribution in [2.24, 2.45) is 5.92 Å². The van der Waals surface area contributed by atoms with Gasteiger partial charge in [0.15, 0.2) is 15.7 Å². The van der Waals surface area contributed by atoms with Gasteiger partial charge in [-0.3, -0.25) is 24.7 Å². The van der Waals surface area contributed by atoms with Gasteiger partial charge in [0.05, 0.1) is 39.2 Å². The van der Waals surface area contributed by atoms with E-state index < -0.39 is 21.0 Å². The van der Waals surface area contributed by atoms with Crippen LogP contribution < -0.4 is 10.6 Å². The van der Waals surface area contributed by atoms with Crippen molar-refractivity contribution in [1.29, 1.82) is 0 Å². The number of aromatic nitrogens is 2. The molecule has 2 N–H and O–H groups in total. The fourth-order valence-corrected chi connectivity index (χ4v) is 6.64. The monoisotopic (exact) mass is 536 g/mol. The zero-order chi connectivity index (χ0) is 25.2. The second kappa shape index (κ2) is 10.6. The van der Waals surface area contributed by atoms with Crippen LogP contribution in [0.4, 0.5) is 10.6 Å². The van der Waals surface area contributed by atoms with Gasteiger partial charge in [0, 0.05) is 12.7 Å². The van der Waals surface area contributed by atoms with E-state index in [4.69, 9.17) is 11.6 Å². The van der Waals surface area contributed by atoms with E-state index in [0.717, 1.165) is 43.7 Å². The van der Waals surface area contributed by atoms with E-state index in [-0.39, 0.29) is 39.2 Å². The van der Waals surface area contributed by atoms with Crippen molar-refractivity contribution in [3.63, 3.8) is 0 Å². The Morgan fingerprint density at radius 2 is 1.97 bits per heavy atom. The van der Waals surface area contributed by atoms with E-state index >= 15 is 0 Å². The number of nitrogens with zero attached hydrogens (tertiary/aromatic N) is 2. The van der Waals surface area contributed by atoms with Crippen LogP contribution in [-0.2, 0) is 25.8 Å². The SMILES string of the molecule is CS(=O)(=O)c1ccc([C@@H](CC2CCCC2)C(=O)Nc2cnc(CC3SC(=O)NC3=O)cn2)cc1Cl. The number of imide groups is 1. The van der Waals surface area contributed by atoms with E-state index in [0.29, 0.717) is 23.6 Å². The molecule has 2 atom stereocenters. The van der Waals surface area contributed by atoms with Gasteiger partial charge in [-0.2, -0.15) is 0 Å². The van der Waals surface area contributed by atoms with Crippen molar-refractivity contribution in [2.75, 3.05) is 11.6 Å². The Morgan fingerprint density at radius 3 is 2.54 bits per heavy atom. The second-order valence-corrected chi connectivity index (χ2v) is 12.4. The number of carbonyl (C=O) groups excluding carboxylic acids is 3. The van der Waals surface area contributed by atoms with Crippen molar-refractivity contribution < 1.29 is 22.8 Å². The third kappa shape index (κ3) is 6.39. The van der Waals surface area contributed by atoms with Crippen LogP contribution in [0, 0.1) is 5.92 Å². The topological polar surface area (TPSA) is 135 Å². The summed E-state index contributed by atoms with van der Waals surface area (Å²) < 4.78 is 23.9. The van der Waals surface area contributed by atoms with Crippen molar-refractivity contribution in [1.82, 2.24) is 15.3 Å². The molecule has 186 valence electrons. The van der Waals surface area contributed by atoms with Crippen molar-refractivity contribution in [3.8, 4) is 0 Å². The molecule has 35 heavy (non-hydrogen) atoms. The van der Waals surface area contributed by atoms with E-state index in [9.17, 15) is 22.8 Å². The minimum atomic E-state index is -3.48. The maximum absolute atomic E-state index is 13.3. The lowest BCUT2D eigenvalue weighted by Gasteiger charge is -2.21. The first-order valence-corrected chi connectivity index (χ1v) is 14.4. The predicted octanol–water partition coefficient (Wildman–Crippen LogP) is 3.73. The molecule has 12 heteroatoms. The van der Waals surface area contributed by atoms with Crippen LogP contribution in [0.2, 0.25) is 5.02 Å². The average Bonchev–Trinajstić information content (AvgIpc) is 3.41. The van der Waals surface area contributed by atoms with E-state index in [1.807, 2.05) is 0 Å². The van der Waals surface area contributed by atoms with Gasteiger partial charge in [-0.05, 0) is 30.0 Å². The molecule has 1 aliphatic heterocycles. The molecule has 0 spiro atoms. The summed E-state index contributed by atoms with van der Waals surface area (Å²) in [5.74, 6) is -0.512. The molecular formula is C23H25ClN4O5S2. The summed E-state index contributed by atoms with van der Waals surface area (Å²) >= 11 is 7.18. The Hall–Kier alpha value is -2.50. The molecule has 2 heterocycles. The molecule has 3 amide bonds. The summed E-state index contributed by atoms with van der Waals surface area (Å²) in [5.41, 5.74) is 1.17. The standard InChI is InChI=1S/C23H25ClN4O5S2/c1-35(32,33)19-7-6-14(9-17(19)24)16(8-13-4-2-3-5-13)21(29)27-20-12-25-15(11-26-20)10-18-22(30)28-23(31)34-18/h6-7,9,11-13,16,18H,2-5,8,10H2,1H3,(H,26,27,29)(H,28,30,31)/t16-,18?/m1/s1. The first-order valence-electron chi connectivity index (χ1n) is 11.2. The number of hydrogen-bond donors (Lipinski definition) is 2. The number of nitrogens with one attached hydrogen (secondary N) is 2. The Morgan fingerprint density at radius 1 is 1.23 bits per heavy atom. The fourth-order valence-electron chi connectivity index (χ4n) is 4.46. The number of carbonyl (C=O) groups is 3. The highest BCUT2D eigenvalue weighted by atomic mass is 35.5. The largest absolute Gasteiger partial charge is 0.309 e. The van der Waals surface area contributed by atoms with Crippen LogP contribution in [0.3, 0.4) is 0 Å². The quantitative estimate of drug-likeness (QED) is 0.521. The number of benzene rings is 1. The maximum atomic E-state index is 13.3. The minimum absolute atomic E-state index is 0.0280. The number of rotatable bonds is 8. The highest BCUT2D eigenvalue weighted by molar-refractivity contribution is 8.15. The fraction of sp³-hybridized carbons (Fsp3) is 0.435. The van der Waals surface area contributed by atoms with Gasteiger partial charge < -0.3 is 5.32 Å². The molecule has 1 saturated carbocycles. The van der Waals surface area contributed by atoms with Gasteiger partial charge in [0.1, 0.15) is 0 Å². The van der Waals surface area contributed by atoms with Crippen molar-refractivity contribution in [3.05, 3.63) is 46.9 Å². The average molecular weight is 537 g/mol. The lowest BCUT2D eigenvalue weighted by Crippen LogP contribution is -2.26. The molecule has 9 nitrogen and oxygen atoms in total. The highest BCUT2D eigenvalue weighted by Crippen LogP contribution is 2.36. The zero-order valence-electron chi connectivity index (χ0n) is 19.0. The number of hydrogen-bond acceptors (Lipinski definition) is 8. The molecule has 0 bridgehead atoms. The second-order valence-electron chi connectivity index (χ2n) is 8.87. The number of amides is 3. The lowest BCUT2D eigenvalue weighted by molar-refractivity contribution is -0.119. The van der Waals surface area contributed by atoms with Crippen LogP contribution in [0.5, 0.6) is 0 Å². The Kier molecular flexibility index (Phi) is 7.77. The van der Waals surface area contributed by atoms with E-state index in [1.165, 1.54) is 18.5 Å². The summed E-state index contributed by atoms with van der Waals surface area (Å²) in [6, 6.07) is 4.64. The number of halogens is 1. The Bertz CT molecular complexity index is 1250. The first kappa shape index (κ1) is 25.6. The van der Waals surface area contributed by atoms with Gasteiger partial charge in [0.25, 0.3) is 5.24 Å². The van der Waals surface area contributed by atoms with Crippen LogP contribution in [0.1, 0.15) is 49.3 Å². The summed E-state index contributed by atoms with van der Waals surface area (Å²) in [5, 5.41) is 4.20. The molecule has 2 fully saturated rings. The Labute approximate surface area is 212 Å². The number of sulfone groups is 1. The smallest absolute Gasteiger partial charge is 0.286 e. The Balaban J connectivity index is 1.50. The molecule has 2 aliphatic rings. The molecule has 2 aromatic rings. The summed E-state index contributed by atoms with van der Waals surface area (Å²) in [4.78, 5) is 44.9. The third-order valence-electron chi connectivity index (χ3n) is 6.24. The minimum Gasteiger partial charge on any atom is -0.309 e. The van der Waals surface area contributed by atoms with E-state index in [2.05, 4.69) is 20.6 Å². The normalized spacial score (nSPS) is 19.5. The highest BCUT2D eigenvalue weighted by Gasteiger charge is 2.32.